The number of nitrogens with zero attached hydrogens (tertiary/aromatic N) is 4. The first kappa shape index (κ1) is 26.3. The van der Waals surface area contributed by atoms with Gasteiger partial charge in [-0.25, -0.2) is 9.18 Å². The Balaban J connectivity index is 1.05. The predicted octanol–water partition coefficient (Wildman–Crippen LogP) is 2.69. The number of piperidine rings is 1. The minimum absolute atomic E-state index is 0.0259. The molecule has 210 valence electrons. The lowest BCUT2D eigenvalue weighted by Gasteiger charge is -2.63. The summed E-state index contributed by atoms with van der Waals surface area (Å²) in [6, 6.07) is 6.24. The topological polar surface area (TPSA) is 98.1 Å². The van der Waals surface area contributed by atoms with E-state index in [1.54, 1.807) is 31.7 Å². The summed E-state index contributed by atoms with van der Waals surface area (Å²) in [5.74, 6) is -0.701. The van der Waals surface area contributed by atoms with Crippen molar-refractivity contribution in [2.24, 2.45) is 11.3 Å². The molecular formula is C29H38FN5O4. The second-order valence-electron chi connectivity index (χ2n) is 13.2. The van der Waals surface area contributed by atoms with Crippen molar-refractivity contribution in [3.05, 3.63) is 29.6 Å². The number of nitrogens with one attached hydrogen (secondary N) is 1. The fraction of sp³-hybridized carbons (Fsp3) is 0.690. The second-order valence-corrected chi connectivity index (χ2v) is 13.2. The van der Waals surface area contributed by atoms with Crippen molar-refractivity contribution in [3.63, 3.8) is 0 Å². The molecule has 2 amide bonds. The van der Waals surface area contributed by atoms with Gasteiger partial charge in [0, 0.05) is 49.7 Å². The molecule has 1 aromatic carbocycles. The Labute approximate surface area is 229 Å². The van der Waals surface area contributed by atoms with Gasteiger partial charge in [-0.1, -0.05) is 6.07 Å². The summed E-state index contributed by atoms with van der Waals surface area (Å²) >= 11 is 0. The third kappa shape index (κ3) is 4.95. The van der Waals surface area contributed by atoms with Crippen LogP contribution in [0, 0.1) is 28.5 Å². The van der Waals surface area contributed by atoms with Crippen LogP contribution in [0.1, 0.15) is 45.6 Å². The highest BCUT2D eigenvalue weighted by atomic mass is 19.1. The number of benzene rings is 1. The third-order valence-electron chi connectivity index (χ3n) is 9.02. The van der Waals surface area contributed by atoms with E-state index in [0.717, 1.165) is 64.3 Å². The van der Waals surface area contributed by atoms with Gasteiger partial charge >= 0.3 is 6.09 Å². The van der Waals surface area contributed by atoms with Crippen LogP contribution in [0.15, 0.2) is 18.2 Å². The number of rotatable bonds is 6. The molecule has 0 unspecified atom stereocenters. The fourth-order valence-corrected chi connectivity index (χ4v) is 7.06. The van der Waals surface area contributed by atoms with Crippen LogP contribution in [-0.4, -0.2) is 91.0 Å². The molecule has 4 atom stereocenters. The maximum absolute atomic E-state index is 15.1. The van der Waals surface area contributed by atoms with Gasteiger partial charge in [0.25, 0.3) is 0 Å². The first-order valence-electron chi connectivity index (χ1n) is 14.1. The lowest BCUT2D eigenvalue weighted by molar-refractivity contribution is -0.137. The zero-order chi connectivity index (χ0) is 27.5. The molecule has 5 fully saturated rings. The van der Waals surface area contributed by atoms with Gasteiger partial charge in [0.15, 0.2) is 0 Å². The van der Waals surface area contributed by atoms with Crippen molar-refractivity contribution >= 4 is 17.7 Å². The molecule has 1 aliphatic carbocycles. The summed E-state index contributed by atoms with van der Waals surface area (Å²) < 4.78 is 26.0. The average molecular weight is 540 g/mol. The molecule has 4 heterocycles. The summed E-state index contributed by atoms with van der Waals surface area (Å²) in [6.45, 7) is 11.1. The monoisotopic (exact) mass is 539 g/mol. The minimum Gasteiger partial charge on any atom is -0.444 e. The molecule has 9 nitrogen and oxygen atoms in total. The van der Waals surface area contributed by atoms with Crippen molar-refractivity contribution in [3.8, 4) is 6.07 Å². The summed E-state index contributed by atoms with van der Waals surface area (Å²) in [4.78, 5) is 32.4. The summed E-state index contributed by atoms with van der Waals surface area (Å²) in [5, 5.41) is 12.6. The van der Waals surface area contributed by atoms with Crippen LogP contribution >= 0.6 is 0 Å². The number of ether oxygens (including phenoxy) is 2. The van der Waals surface area contributed by atoms with Crippen molar-refractivity contribution < 1.29 is 23.5 Å². The van der Waals surface area contributed by atoms with E-state index in [0.29, 0.717) is 17.0 Å². The van der Waals surface area contributed by atoms with Gasteiger partial charge in [0.2, 0.25) is 5.91 Å². The zero-order valence-electron chi connectivity index (χ0n) is 23.0. The normalized spacial score (nSPS) is 28.3. The summed E-state index contributed by atoms with van der Waals surface area (Å²) in [7, 11) is 0. The number of halogens is 1. The standard InChI is InChI=1S/C29H38FN5O4/c1-28(2,3)39-27(37)35-22-7-5-19(9-22)25(35)26(36)32-20(11-31)8-18-4-6-21(10-24(18)30)33-14-29(15-33)16-34(17-29)23-12-38-13-23/h4,6,10,19-20,22-23,25H,5,7-9,12-17H2,1-3H3,(H,32,36)/t19-,20-,22+,25-/m0/s1. The van der Waals surface area contributed by atoms with Gasteiger partial charge in [0.05, 0.1) is 25.3 Å². The number of carbonyl (C=O) groups excluding carboxylic acids is 2. The van der Waals surface area contributed by atoms with E-state index in [1.165, 1.54) is 6.07 Å². The highest BCUT2D eigenvalue weighted by molar-refractivity contribution is 5.87. The number of anilines is 1. The molecule has 1 spiro atoms. The Morgan fingerprint density at radius 3 is 2.56 bits per heavy atom. The molecule has 2 bridgehead atoms. The van der Waals surface area contributed by atoms with E-state index >= 15 is 4.39 Å². The minimum atomic E-state index is -0.902. The largest absolute Gasteiger partial charge is 0.444 e. The first-order chi connectivity index (χ1) is 18.5. The Kier molecular flexibility index (Phi) is 6.50. The van der Waals surface area contributed by atoms with E-state index in [4.69, 9.17) is 9.47 Å². The molecule has 1 N–H and O–H groups in total. The molecule has 4 saturated heterocycles. The fourth-order valence-electron chi connectivity index (χ4n) is 7.06. The summed E-state index contributed by atoms with van der Waals surface area (Å²) in [5.41, 5.74) is 0.879. The summed E-state index contributed by atoms with van der Waals surface area (Å²) in [6.07, 6.45) is 2.03. The Bertz CT molecular complexity index is 1180. The molecule has 0 radical (unpaired) electrons. The van der Waals surface area contributed by atoms with Gasteiger partial charge < -0.3 is 19.7 Å². The SMILES string of the molecule is CC(C)(C)OC(=O)N1[C@@H]2CC[C@@H](C2)[C@H]1C(=O)N[C@H](C#N)Cc1ccc(N2CC3(C2)CN(C2COC2)C3)cc1F. The van der Waals surface area contributed by atoms with Crippen LogP contribution in [0.2, 0.25) is 0 Å². The molecule has 5 aliphatic rings. The highest BCUT2D eigenvalue weighted by Gasteiger charge is 2.54. The average Bonchev–Trinajstić information content (AvgIpc) is 3.40. The molecule has 39 heavy (non-hydrogen) atoms. The number of fused-ring (bicyclic) bond motifs is 2. The van der Waals surface area contributed by atoms with E-state index in [1.807, 2.05) is 6.07 Å². The molecule has 1 saturated carbocycles. The molecule has 10 heteroatoms. The van der Waals surface area contributed by atoms with Crippen molar-refractivity contribution in [2.45, 2.75) is 76.2 Å². The maximum Gasteiger partial charge on any atom is 0.411 e. The van der Waals surface area contributed by atoms with E-state index < -0.39 is 23.8 Å². The smallest absolute Gasteiger partial charge is 0.411 e. The Morgan fingerprint density at radius 2 is 1.95 bits per heavy atom. The Morgan fingerprint density at radius 1 is 1.21 bits per heavy atom. The van der Waals surface area contributed by atoms with E-state index in [2.05, 4.69) is 21.2 Å². The van der Waals surface area contributed by atoms with E-state index in [9.17, 15) is 14.9 Å². The van der Waals surface area contributed by atoms with Crippen molar-refractivity contribution in [2.75, 3.05) is 44.3 Å². The molecule has 0 aromatic heterocycles. The van der Waals surface area contributed by atoms with Crippen molar-refractivity contribution in [1.82, 2.24) is 15.1 Å². The van der Waals surface area contributed by atoms with Crippen LogP contribution in [0.4, 0.5) is 14.9 Å². The second kappa shape index (κ2) is 9.63. The molecule has 6 rings (SSSR count). The van der Waals surface area contributed by atoms with Crippen molar-refractivity contribution in [1.29, 1.82) is 5.26 Å². The number of nitriles is 1. The van der Waals surface area contributed by atoms with Gasteiger partial charge in [-0.15, -0.1) is 0 Å². The predicted molar refractivity (Wildman–Crippen MR) is 141 cm³/mol. The van der Waals surface area contributed by atoms with Crippen LogP contribution in [0.5, 0.6) is 0 Å². The van der Waals surface area contributed by atoms with Gasteiger partial charge in [0.1, 0.15) is 23.5 Å². The number of amides is 2. The quantitative estimate of drug-likeness (QED) is 0.594. The van der Waals surface area contributed by atoms with Gasteiger partial charge in [-0.2, -0.15) is 5.26 Å². The highest BCUT2D eigenvalue weighted by Crippen LogP contribution is 2.44. The first-order valence-corrected chi connectivity index (χ1v) is 14.1. The number of hydrogen-bond donors (Lipinski definition) is 1. The molecule has 4 aliphatic heterocycles. The number of carbonyl (C=O) groups is 2. The van der Waals surface area contributed by atoms with Gasteiger partial charge in [-0.3, -0.25) is 14.6 Å². The lowest BCUT2D eigenvalue weighted by Crippen LogP contribution is -2.75. The van der Waals surface area contributed by atoms with Crippen LogP contribution in [0.3, 0.4) is 0 Å². The molecular weight excluding hydrogens is 501 g/mol. The van der Waals surface area contributed by atoms with Gasteiger partial charge in [-0.05, 0) is 63.6 Å². The number of hydrogen-bond acceptors (Lipinski definition) is 7. The third-order valence-corrected chi connectivity index (χ3v) is 9.02. The zero-order valence-corrected chi connectivity index (χ0v) is 23.0. The Hall–Kier alpha value is -2.90. The maximum atomic E-state index is 15.1. The van der Waals surface area contributed by atoms with Crippen LogP contribution < -0.4 is 10.2 Å². The molecule has 1 aromatic rings. The van der Waals surface area contributed by atoms with E-state index in [-0.39, 0.29) is 30.1 Å². The lowest BCUT2D eigenvalue weighted by atomic mass is 9.71. The number of likely N-dealkylation sites (tertiary alicyclic amines) is 2. The van der Waals surface area contributed by atoms with Crippen LogP contribution in [0.25, 0.3) is 0 Å². The van der Waals surface area contributed by atoms with Crippen LogP contribution in [-0.2, 0) is 20.7 Å².